The van der Waals surface area contributed by atoms with Crippen molar-refractivity contribution in [3.8, 4) is 5.75 Å². The first-order chi connectivity index (χ1) is 9.79. The highest BCUT2D eigenvalue weighted by Gasteiger charge is 2.02. The standard InChI is InChI=1S/C17H18FNO.ClH/c1-2-11-20-17-6-4-3-5-15(17)13-19-12-14-7-9-16(18)10-8-14;/h2-10,19H,1,11-13H2;1H. The normalized spacial score (nSPS) is 9.76. The van der Waals surface area contributed by atoms with Crippen LogP contribution in [0.1, 0.15) is 11.1 Å². The van der Waals surface area contributed by atoms with Crippen LogP contribution in [-0.2, 0) is 13.1 Å². The van der Waals surface area contributed by atoms with E-state index < -0.39 is 0 Å². The van der Waals surface area contributed by atoms with Crippen LogP contribution in [-0.4, -0.2) is 6.61 Å². The van der Waals surface area contributed by atoms with Crippen LogP contribution in [0.25, 0.3) is 0 Å². The number of hydrogen-bond acceptors (Lipinski definition) is 2. The van der Waals surface area contributed by atoms with E-state index in [9.17, 15) is 4.39 Å². The second kappa shape index (κ2) is 9.16. The zero-order valence-corrected chi connectivity index (χ0v) is 12.5. The van der Waals surface area contributed by atoms with Gasteiger partial charge in [-0.2, -0.15) is 0 Å². The Morgan fingerprint density at radius 3 is 2.48 bits per heavy atom. The summed E-state index contributed by atoms with van der Waals surface area (Å²) < 4.78 is 18.4. The summed E-state index contributed by atoms with van der Waals surface area (Å²) in [6.07, 6.45) is 1.72. The van der Waals surface area contributed by atoms with Crippen molar-refractivity contribution in [3.05, 3.63) is 78.1 Å². The lowest BCUT2D eigenvalue weighted by molar-refractivity contribution is 0.358. The molecule has 0 aliphatic carbocycles. The molecule has 0 bridgehead atoms. The predicted octanol–water partition coefficient (Wildman–Crippen LogP) is 4.10. The van der Waals surface area contributed by atoms with E-state index in [1.807, 2.05) is 24.3 Å². The van der Waals surface area contributed by atoms with Crippen LogP contribution in [0.3, 0.4) is 0 Å². The molecule has 0 aliphatic heterocycles. The maximum atomic E-state index is 12.8. The molecular weight excluding hydrogens is 289 g/mol. The summed E-state index contributed by atoms with van der Waals surface area (Å²) in [7, 11) is 0. The molecule has 0 amide bonds. The Labute approximate surface area is 131 Å². The highest BCUT2D eigenvalue weighted by Crippen LogP contribution is 2.17. The van der Waals surface area contributed by atoms with Gasteiger partial charge in [0, 0.05) is 18.7 Å². The van der Waals surface area contributed by atoms with Gasteiger partial charge in [0.25, 0.3) is 0 Å². The zero-order valence-electron chi connectivity index (χ0n) is 11.7. The maximum Gasteiger partial charge on any atom is 0.124 e. The van der Waals surface area contributed by atoms with Crippen LogP contribution in [0.2, 0.25) is 0 Å². The molecule has 0 fully saturated rings. The van der Waals surface area contributed by atoms with Crippen molar-refractivity contribution in [1.82, 2.24) is 5.32 Å². The van der Waals surface area contributed by atoms with Gasteiger partial charge in [0.05, 0.1) is 0 Å². The van der Waals surface area contributed by atoms with E-state index in [0.29, 0.717) is 19.7 Å². The molecule has 2 aromatic rings. The lowest BCUT2D eigenvalue weighted by Crippen LogP contribution is -2.13. The monoisotopic (exact) mass is 307 g/mol. The molecule has 0 saturated heterocycles. The van der Waals surface area contributed by atoms with Crippen LogP contribution in [0, 0.1) is 5.82 Å². The highest BCUT2D eigenvalue weighted by molar-refractivity contribution is 5.85. The van der Waals surface area contributed by atoms with Crippen LogP contribution < -0.4 is 10.1 Å². The fourth-order valence-corrected chi connectivity index (χ4v) is 1.88. The Bertz CT molecular complexity index is 557. The first kappa shape index (κ1) is 17.2. The fraction of sp³-hybridized carbons (Fsp3) is 0.176. The van der Waals surface area contributed by atoms with E-state index in [4.69, 9.17) is 4.74 Å². The van der Waals surface area contributed by atoms with Gasteiger partial charge in [-0.05, 0) is 23.8 Å². The first-order valence-electron chi connectivity index (χ1n) is 6.56. The summed E-state index contributed by atoms with van der Waals surface area (Å²) in [5, 5.41) is 3.33. The van der Waals surface area contributed by atoms with Crippen molar-refractivity contribution in [3.63, 3.8) is 0 Å². The van der Waals surface area contributed by atoms with Gasteiger partial charge in [0.1, 0.15) is 18.2 Å². The molecule has 0 heterocycles. The van der Waals surface area contributed by atoms with Crippen molar-refractivity contribution in [1.29, 1.82) is 0 Å². The van der Waals surface area contributed by atoms with Crippen LogP contribution in [0.5, 0.6) is 5.75 Å². The largest absolute Gasteiger partial charge is 0.489 e. The second-order valence-corrected chi connectivity index (χ2v) is 4.44. The van der Waals surface area contributed by atoms with Gasteiger partial charge < -0.3 is 10.1 Å². The number of rotatable bonds is 7. The van der Waals surface area contributed by atoms with E-state index in [1.54, 1.807) is 18.2 Å². The molecule has 1 N–H and O–H groups in total. The second-order valence-electron chi connectivity index (χ2n) is 4.44. The zero-order chi connectivity index (χ0) is 14.2. The highest BCUT2D eigenvalue weighted by atomic mass is 35.5. The van der Waals surface area contributed by atoms with E-state index >= 15 is 0 Å². The van der Waals surface area contributed by atoms with Crippen LogP contribution >= 0.6 is 12.4 Å². The lowest BCUT2D eigenvalue weighted by atomic mass is 10.2. The minimum atomic E-state index is -0.211. The molecule has 0 unspecified atom stereocenters. The summed E-state index contributed by atoms with van der Waals surface area (Å²) in [4.78, 5) is 0. The SMILES string of the molecule is C=CCOc1ccccc1CNCc1ccc(F)cc1.Cl. The molecule has 4 heteroatoms. The molecule has 0 atom stereocenters. The van der Waals surface area contributed by atoms with Gasteiger partial charge in [-0.25, -0.2) is 4.39 Å². The Kier molecular flexibility index (Phi) is 7.51. The van der Waals surface area contributed by atoms with Crippen molar-refractivity contribution in [2.24, 2.45) is 0 Å². The molecule has 0 radical (unpaired) electrons. The van der Waals surface area contributed by atoms with Crippen molar-refractivity contribution >= 4 is 12.4 Å². The number of ether oxygens (including phenoxy) is 1. The maximum absolute atomic E-state index is 12.8. The number of benzene rings is 2. The van der Waals surface area contributed by atoms with Crippen molar-refractivity contribution < 1.29 is 9.13 Å². The van der Waals surface area contributed by atoms with Gasteiger partial charge in [-0.1, -0.05) is 43.0 Å². The van der Waals surface area contributed by atoms with E-state index in [1.165, 1.54) is 12.1 Å². The molecule has 0 spiro atoms. The van der Waals surface area contributed by atoms with Gasteiger partial charge in [-0.3, -0.25) is 0 Å². The van der Waals surface area contributed by atoms with Crippen LogP contribution in [0.15, 0.2) is 61.2 Å². The number of hydrogen-bond donors (Lipinski definition) is 1. The molecule has 0 saturated carbocycles. The Hall–Kier alpha value is -1.84. The first-order valence-corrected chi connectivity index (χ1v) is 6.56. The molecule has 112 valence electrons. The average Bonchev–Trinajstić information content (AvgIpc) is 2.48. The predicted molar refractivity (Wildman–Crippen MR) is 86.3 cm³/mol. The summed E-state index contributed by atoms with van der Waals surface area (Å²) in [5.74, 6) is 0.649. The van der Waals surface area contributed by atoms with Crippen molar-refractivity contribution in [2.75, 3.05) is 6.61 Å². The Balaban J connectivity index is 0.00000220. The topological polar surface area (TPSA) is 21.3 Å². The third-order valence-electron chi connectivity index (χ3n) is 2.89. The number of halogens is 2. The molecular formula is C17H19ClFNO. The van der Waals surface area contributed by atoms with E-state index in [2.05, 4.69) is 11.9 Å². The summed E-state index contributed by atoms with van der Waals surface area (Å²) >= 11 is 0. The summed E-state index contributed by atoms with van der Waals surface area (Å²) in [5.41, 5.74) is 2.15. The summed E-state index contributed by atoms with van der Waals surface area (Å²) in [6.45, 7) is 5.53. The number of para-hydroxylation sites is 1. The molecule has 2 rings (SSSR count). The smallest absolute Gasteiger partial charge is 0.124 e. The molecule has 0 aliphatic rings. The Morgan fingerprint density at radius 1 is 1.05 bits per heavy atom. The van der Waals surface area contributed by atoms with Crippen LogP contribution in [0.4, 0.5) is 4.39 Å². The van der Waals surface area contributed by atoms with Gasteiger partial charge >= 0.3 is 0 Å². The van der Waals surface area contributed by atoms with E-state index in [-0.39, 0.29) is 18.2 Å². The third-order valence-corrected chi connectivity index (χ3v) is 2.89. The van der Waals surface area contributed by atoms with Gasteiger partial charge in [0.2, 0.25) is 0 Å². The minimum absolute atomic E-state index is 0. The lowest BCUT2D eigenvalue weighted by Gasteiger charge is -2.11. The number of nitrogens with one attached hydrogen (secondary N) is 1. The summed E-state index contributed by atoms with van der Waals surface area (Å²) in [6, 6.07) is 14.4. The minimum Gasteiger partial charge on any atom is -0.489 e. The van der Waals surface area contributed by atoms with E-state index in [0.717, 1.165) is 16.9 Å². The molecule has 0 aromatic heterocycles. The molecule has 21 heavy (non-hydrogen) atoms. The molecule has 2 aromatic carbocycles. The molecule has 2 nitrogen and oxygen atoms in total. The Morgan fingerprint density at radius 2 is 1.76 bits per heavy atom. The fourth-order valence-electron chi connectivity index (χ4n) is 1.88. The average molecular weight is 308 g/mol. The van der Waals surface area contributed by atoms with Gasteiger partial charge in [0.15, 0.2) is 0 Å². The third kappa shape index (κ3) is 5.58. The van der Waals surface area contributed by atoms with Crippen molar-refractivity contribution in [2.45, 2.75) is 13.1 Å². The quantitative estimate of drug-likeness (QED) is 0.778. The van der Waals surface area contributed by atoms with Gasteiger partial charge in [-0.15, -0.1) is 12.4 Å².